The van der Waals surface area contributed by atoms with Crippen molar-refractivity contribution in [3.05, 3.63) is 47.7 Å². The van der Waals surface area contributed by atoms with E-state index in [2.05, 4.69) is 33.9 Å². The summed E-state index contributed by atoms with van der Waals surface area (Å²) in [4.78, 5) is 25.1. The number of aryl methyl sites for hydroxylation is 1. The van der Waals surface area contributed by atoms with Crippen LogP contribution in [0.2, 0.25) is 0 Å². The smallest absolute Gasteiger partial charge is 0.223 e. The Hall–Kier alpha value is -2.63. The van der Waals surface area contributed by atoms with Crippen LogP contribution in [0, 0.1) is 6.92 Å². The summed E-state index contributed by atoms with van der Waals surface area (Å²) in [6, 6.07) is 12.1. The van der Waals surface area contributed by atoms with E-state index in [0.717, 1.165) is 24.6 Å². The van der Waals surface area contributed by atoms with Gasteiger partial charge in [-0.1, -0.05) is 37.3 Å². The van der Waals surface area contributed by atoms with Gasteiger partial charge in [0.05, 0.1) is 0 Å². The lowest BCUT2D eigenvalue weighted by Gasteiger charge is -2.36. The van der Waals surface area contributed by atoms with Crippen LogP contribution in [0.4, 0.5) is 11.8 Å². The van der Waals surface area contributed by atoms with Crippen molar-refractivity contribution in [2.45, 2.75) is 26.2 Å². The van der Waals surface area contributed by atoms with E-state index in [1.165, 1.54) is 5.56 Å². The van der Waals surface area contributed by atoms with Gasteiger partial charge in [0.15, 0.2) is 0 Å². The molecular formula is C19H25N5O. The minimum absolute atomic E-state index is 0.217. The van der Waals surface area contributed by atoms with Crippen LogP contribution in [0.5, 0.6) is 0 Å². The molecule has 1 aliphatic rings. The van der Waals surface area contributed by atoms with Crippen molar-refractivity contribution in [2.24, 2.45) is 0 Å². The van der Waals surface area contributed by atoms with Gasteiger partial charge >= 0.3 is 0 Å². The molecule has 1 aromatic carbocycles. The van der Waals surface area contributed by atoms with Gasteiger partial charge in [0.1, 0.15) is 5.82 Å². The lowest BCUT2D eigenvalue weighted by Crippen LogP contribution is -2.49. The van der Waals surface area contributed by atoms with Crippen LogP contribution in [0.25, 0.3) is 0 Å². The summed E-state index contributed by atoms with van der Waals surface area (Å²) in [6.45, 7) is 6.97. The predicted molar refractivity (Wildman–Crippen MR) is 99.4 cm³/mol. The maximum Gasteiger partial charge on any atom is 0.223 e. The minimum atomic E-state index is 0.217. The molecule has 25 heavy (non-hydrogen) atoms. The van der Waals surface area contributed by atoms with Crippen molar-refractivity contribution in [1.29, 1.82) is 0 Å². The maximum absolute atomic E-state index is 12.6. The molecule has 2 N–H and O–H groups in total. The molecule has 1 aromatic heterocycles. The van der Waals surface area contributed by atoms with Gasteiger partial charge in [-0.25, -0.2) is 4.98 Å². The fourth-order valence-electron chi connectivity index (χ4n) is 3.21. The molecule has 2 aromatic rings. The largest absolute Gasteiger partial charge is 0.368 e. The number of nitrogens with two attached hydrogens (primary N) is 1. The summed E-state index contributed by atoms with van der Waals surface area (Å²) in [6.07, 6.45) is 0.545. The monoisotopic (exact) mass is 339 g/mol. The molecule has 1 fully saturated rings. The summed E-state index contributed by atoms with van der Waals surface area (Å²) in [5.74, 6) is 1.59. The van der Waals surface area contributed by atoms with Crippen LogP contribution in [0.1, 0.15) is 30.5 Å². The number of aromatic nitrogens is 2. The molecule has 1 saturated heterocycles. The van der Waals surface area contributed by atoms with E-state index in [-0.39, 0.29) is 11.8 Å². The lowest BCUT2D eigenvalue weighted by molar-refractivity contribution is -0.131. The van der Waals surface area contributed by atoms with E-state index in [0.29, 0.717) is 25.5 Å². The molecule has 1 amide bonds. The summed E-state index contributed by atoms with van der Waals surface area (Å²) in [7, 11) is 0. The molecule has 2 heterocycles. The Balaban J connectivity index is 1.55. The van der Waals surface area contributed by atoms with Gasteiger partial charge in [-0.05, 0) is 18.4 Å². The third kappa shape index (κ3) is 4.26. The highest BCUT2D eigenvalue weighted by atomic mass is 16.2. The molecule has 0 saturated carbocycles. The first-order valence-electron chi connectivity index (χ1n) is 8.72. The van der Waals surface area contributed by atoms with Crippen LogP contribution in [-0.2, 0) is 4.79 Å². The Kier molecular flexibility index (Phi) is 5.16. The molecule has 0 unspecified atom stereocenters. The minimum Gasteiger partial charge on any atom is -0.368 e. The number of nitrogen functional groups attached to an aromatic ring is 1. The molecule has 0 radical (unpaired) electrons. The number of carbonyl (C=O) groups is 1. The number of benzene rings is 1. The fraction of sp³-hybridized carbons (Fsp3) is 0.421. The third-order valence-corrected chi connectivity index (χ3v) is 4.66. The molecule has 132 valence electrons. The molecule has 3 rings (SSSR count). The van der Waals surface area contributed by atoms with E-state index >= 15 is 0 Å². The van der Waals surface area contributed by atoms with Crippen molar-refractivity contribution in [3.8, 4) is 0 Å². The second-order valence-corrected chi connectivity index (χ2v) is 6.61. The highest BCUT2D eigenvalue weighted by molar-refractivity contribution is 5.77. The average molecular weight is 339 g/mol. The average Bonchev–Trinajstić information content (AvgIpc) is 2.61. The molecule has 0 aliphatic carbocycles. The number of amides is 1. The first-order valence-corrected chi connectivity index (χ1v) is 8.72. The predicted octanol–water partition coefficient (Wildman–Crippen LogP) is 2.21. The van der Waals surface area contributed by atoms with Crippen molar-refractivity contribution in [3.63, 3.8) is 0 Å². The normalized spacial score (nSPS) is 15.9. The fourth-order valence-corrected chi connectivity index (χ4v) is 3.21. The Morgan fingerprint density at radius 3 is 2.48 bits per heavy atom. The first kappa shape index (κ1) is 17.2. The molecular weight excluding hydrogens is 314 g/mol. The van der Waals surface area contributed by atoms with Crippen molar-refractivity contribution in [1.82, 2.24) is 14.9 Å². The number of anilines is 2. The maximum atomic E-state index is 12.6. The highest BCUT2D eigenvalue weighted by Gasteiger charge is 2.23. The van der Waals surface area contributed by atoms with E-state index < -0.39 is 0 Å². The summed E-state index contributed by atoms with van der Waals surface area (Å²) >= 11 is 0. The quantitative estimate of drug-likeness (QED) is 0.924. The Morgan fingerprint density at radius 1 is 1.16 bits per heavy atom. The Labute approximate surface area is 148 Å². The van der Waals surface area contributed by atoms with Crippen molar-refractivity contribution >= 4 is 17.7 Å². The van der Waals surface area contributed by atoms with E-state index in [1.54, 1.807) is 0 Å². The molecule has 1 aliphatic heterocycles. The summed E-state index contributed by atoms with van der Waals surface area (Å²) in [5, 5.41) is 0. The Morgan fingerprint density at radius 2 is 1.84 bits per heavy atom. The van der Waals surface area contributed by atoms with E-state index in [4.69, 9.17) is 5.73 Å². The highest BCUT2D eigenvalue weighted by Crippen LogP contribution is 2.21. The zero-order chi connectivity index (χ0) is 17.8. The van der Waals surface area contributed by atoms with Gasteiger partial charge in [0.2, 0.25) is 11.9 Å². The van der Waals surface area contributed by atoms with E-state index in [1.807, 2.05) is 36.1 Å². The SMILES string of the molecule is Cc1cc(N2CCN(C(=O)C[C@@H](C)c3ccccc3)CC2)nc(N)n1. The van der Waals surface area contributed by atoms with Gasteiger partial charge in [-0.15, -0.1) is 0 Å². The van der Waals surface area contributed by atoms with Gasteiger partial charge in [-0.2, -0.15) is 4.98 Å². The molecule has 6 nitrogen and oxygen atoms in total. The van der Waals surface area contributed by atoms with Gasteiger partial charge < -0.3 is 15.5 Å². The van der Waals surface area contributed by atoms with Gasteiger partial charge in [0, 0.05) is 44.4 Å². The van der Waals surface area contributed by atoms with E-state index in [9.17, 15) is 4.79 Å². The van der Waals surface area contributed by atoms with Crippen LogP contribution in [0.15, 0.2) is 36.4 Å². The molecule has 0 bridgehead atoms. The van der Waals surface area contributed by atoms with Crippen LogP contribution < -0.4 is 10.6 Å². The molecule has 6 heteroatoms. The lowest BCUT2D eigenvalue weighted by atomic mass is 9.97. The van der Waals surface area contributed by atoms with Gasteiger partial charge in [-0.3, -0.25) is 4.79 Å². The number of piperazine rings is 1. The zero-order valence-corrected chi connectivity index (χ0v) is 14.9. The number of hydrogen-bond donors (Lipinski definition) is 1. The standard InChI is InChI=1S/C19H25N5O/c1-14(16-6-4-3-5-7-16)12-18(25)24-10-8-23(9-11-24)17-13-15(2)21-19(20)22-17/h3-7,13-14H,8-12H2,1-2H3,(H2,20,21,22)/t14-/m1/s1. The number of hydrogen-bond acceptors (Lipinski definition) is 5. The number of rotatable bonds is 4. The van der Waals surface area contributed by atoms with Crippen LogP contribution in [0.3, 0.4) is 0 Å². The topological polar surface area (TPSA) is 75.3 Å². The second-order valence-electron chi connectivity index (χ2n) is 6.61. The summed E-state index contributed by atoms with van der Waals surface area (Å²) in [5.41, 5.74) is 7.81. The van der Waals surface area contributed by atoms with Gasteiger partial charge in [0.25, 0.3) is 0 Å². The van der Waals surface area contributed by atoms with Crippen LogP contribution >= 0.6 is 0 Å². The number of carbonyl (C=O) groups excluding carboxylic acids is 1. The number of nitrogens with zero attached hydrogens (tertiary/aromatic N) is 4. The summed E-state index contributed by atoms with van der Waals surface area (Å²) < 4.78 is 0. The van der Waals surface area contributed by atoms with Crippen LogP contribution in [-0.4, -0.2) is 47.0 Å². The second kappa shape index (κ2) is 7.51. The third-order valence-electron chi connectivity index (χ3n) is 4.66. The van der Waals surface area contributed by atoms with Crippen molar-refractivity contribution in [2.75, 3.05) is 36.8 Å². The zero-order valence-electron chi connectivity index (χ0n) is 14.9. The molecule has 1 atom stereocenters. The Bertz CT molecular complexity index is 706. The van der Waals surface area contributed by atoms with Crippen molar-refractivity contribution < 1.29 is 4.79 Å². The first-order chi connectivity index (χ1) is 12.0. The molecule has 0 spiro atoms.